The number of rotatable bonds is 14. The molecule has 0 aliphatic carbocycles. The molecule has 0 saturated carbocycles. The number of benzene rings is 1. The summed E-state index contributed by atoms with van der Waals surface area (Å²) in [6, 6.07) is 9.15. The van der Waals surface area contributed by atoms with Crippen molar-refractivity contribution in [1.29, 1.82) is 0 Å². The van der Waals surface area contributed by atoms with Crippen molar-refractivity contribution in [3.8, 4) is 0 Å². The van der Waals surface area contributed by atoms with Gasteiger partial charge in [-0.15, -0.1) is 0 Å². The predicted octanol–water partition coefficient (Wildman–Crippen LogP) is 9.00. The quantitative estimate of drug-likeness (QED) is 0.272. The topological polar surface area (TPSA) is 18.5 Å². The maximum atomic E-state index is 5.67. The summed E-state index contributed by atoms with van der Waals surface area (Å²) < 4.78 is 11.3. The highest BCUT2D eigenvalue weighted by atomic mass is 16.5. The Morgan fingerprint density at radius 3 is 1.23 bits per heavy atom. The maximum Gasteiger partial charge on any atom is 0.0517 e. The van der Waals surface area contributed by atoms with Gasteiger partial charge >= 0.3 is 0 Å². The molecule has 0 heterocycles. The van der Waals surface area contributed by atoms with Crippen molar-refractivity contribution in [2.24, 2.45) is 10.8 Å². The maximum absolute atomic E-state index is 5.67. The van der Waals surface area contributed by atoms with E-state index in [4.69, 9.17) is 9.47 Å². The molecule has 2 nitrogen and oxygen atoms in total. The van der Waals surface area contributed by atoms with Crippen LogP contribution in [0.4, 0.5) is 0 Å². The fraction of sp³-hybridized carbons (Fsp3) is 0.793. The average molecular weight is 435 g/mol. The van der Waals surface area contributed by atoms with Crippen LogP contribution in [-0.4, -0.2) is 26.4 Å². The van der Waals surface area contributed by atoms with Crippen LogP contribution in [0.3, 0.4) is 0 Å². The molecule has 1 aromatic rings. The van der Waals surface area contributed by atoms with Crippen LogP contribution in [0.2, 0.25) is 0 Å². The zero-order valence-electron chi connectivity index (χ0n) is 22.6. The van der Waals surface area contributed by atoms with Gasteiger partial charge < -0.3 is 9.47 Å². The van der Waals surface area contributed by atoms with E-state index in [1.165, 1.54) is 24.0 Å². The largest absolute Gasteiger partial charge is 0.381 e. The first-order chi connectivity index (χ1) is 14.5. The Hall–Kier alpha value is -0.860. The van der Waals surface area contributed by atoms with E-state index in [0.717, 1.165) is 45.7 Å². The first-order valence-corrected chi connectivity index (χ1v) is 12.8. The monoisotopic (exact) mass is 434 g/mol. The summed E-state index contributed by atoms with van der Waals surface area (Å²) in [5.74, 6) is 1.39. The van der Waals surface area contributed by atoms with Crippen molar-refractivity contribution in [2.75, 3.05) is 26.4 Å². The molecule has 0 amide bonds. The Morgan fingerprint density at radius 2 is 0.968 bits per heavy atom. The van der Waals surface area contributed by atoms with Crippen molar-refractivity contribution in [3.05, 3.63) is 35.4 Å². The van der Waals surface area contributed by atoms with Crippen molar-refractivity contribution < 1.29 is 9.47 Å². The van der Waals surface area contributed by atoms with Gasteiger partial charge in [0.25, 0.3) is 0 Å². The van der Waals surface area contributed by atoms with E-state index in [0.29, 0.717) is 22.7 Å². The minimum absolute atomic E-state index is 0.311. The number of ether oxygens (including phenoxy) is 2. The van der Waals surface area contributed by atoms with E-state index < -0.39 is 0 Å². The zero-order chi connectivity index (χ0) is 23.9. The third-order valence-electron chi connectivity index (χ3n) is 6.78. The number of hydrogen-bond donors (Lipinski definition) is 0. The van der Waals surface area contributed by atoms with Crippen LogP contribution in [0.5, 0.6) is 0 Å². The summed E-state index contributed by atoms with van der Waals surface area (Å²) in [6.45, 7) is 25.8. The lowest BCUT2D eigenvalue weighted by atomic mass is 9.92. The van der Waals surface area contributed by atoms with Gasteiger partial charge in [0, 0.05) is 13.2 Å². The normalized spacial score (nSPS) is 14.0. The van der Waals surface area contributed by atoms with Crippen LogP contribution in [0.1, 0.15) is 124 Å². The van der Waals surface area contributed by atoms with Gasteiger partial charge in [0.15, 0.2) is 0 Å². The van der Waals surface area contributed by atoms with Crippen LogP contribution in [0.15, 0.2) is 24.3 Å². The second-order valence-corrected chi connectivity index (χ2v) is 10.8. The molecule has 2 heteroatoms. The van der Waals surface area contributed by atoms with Gasteiger partial charge in [-0.1, -0.05) is 93.5 Å². The Balaban J connectivity index is 0.000000590. The van der Waals surface area contributed by atoms with E-state index in [9.17, 15) is 0 Å². The third-order valence-corrected chi connectivity index (χ3v) is 6.78. The van der Waals surface area contributed by atoms with Gasteiger partial charge in [0.2, 0.25) is 0 Å². The lowest BCUT2D eigenvalue weighted by Crippen LogP contribution is -2.20. The van der Waals surface area contributed by atoms with Gasteiger partial charge in [-0.3, -0.25) is 0 Å². The van der Waals surface area contributed by atoms with Gasteiger partial charge in [-0.2, -0.15) is 0 Å². The van der Waals surface area contributed by atoms with E-state index in [-0.39, 0.29) is 0 Å². The van der Waals surface area contributed by atoms with Gasteiger partial charge in [0.05, 0.1) is 13.2 Å². The molecule has 31 heavy (non-hydrogen) atoms. The molecule has 0 aliphatic rings. The lowest BCUT2D eigenvalue weighted by Gasteiger charge is -2.23. The van der Waals surface area contributed by atoms with E-state index in [2.05, 4.69) is 93.5 Å². The molecule has 0 spiro atoms. The molecule has 1 rings (SSSR count). The lowest BCUT2D eigenvalue weighted by molar-refractivity contribution is 0.0230. The number of hydrogen-bond acceptors (Lipinski definition) is 2. The third kappa shape index (κ3) is 14.0. The molecule has 0 bridgehead atoms. The highest BCUT2D eigenvalue weighted by Crippen LogP contribution is 2.23. The van der Waals surface area contributed by atoms with Gasteiger partial charge in [-0.25, -0.2) is 0 Å². The summed E-state index contributed by atoms with van der Waals surface area (Å²) >= 11 is 0. The summed E-state index contributed by atoms with van der Waals surface area (Å²) in [7, 11) is 0. The Morgan fingerprint density at radius 1 is 0.645 bits per heavy atom. The molecule has 0 aliphatic heterocycles. The fourth-order valence-corrected chi connectivity index (χ4v) is 2.79. The van der Waals surface area contributed by atoms with Gasteiger partial charge in [0.1, 0.15) is 0 Å². The fourth-order valence-electron chi connectivity index (χ4n) is 2.79. The summed E-state index contributed by atoms with van der Waals surface area (Å²) in [6.07, 6.45) is 5.77. The standard InChI is InChI=1S/C15H32O2.C14H22/c1-7-14(3,4)12-16-10-9-11-17-13-15(5,6)8-2;1-5-11(3)13-7-9-14(10-8-13)12(4)6-2/h7-13H2,1-6H3;7-12H,5-6H2,1-4H3. The summed E-state index contributed by atoms with van der Waals surface area (Å²) in [5.41, 5.74) is 3.56. The van der Waals surface area contributed by atoms with Crippen LogP contribution < -0.4 is 0 Å². The van der Waals surface area contributed by atoms with Crippen molar-refractivity contribution in [3.63, 3.8) is 0 Å². The van der Waals surface area contributed by atoms with E-state index in [1.807, 2.05) is 0 Å². The molecule has 0 N–H and O–H groups in total. The molecule has 2 unspecified atom stereocenters. The zero-order valence-corrected chi connectivity index (χ0v) is 22.6. The molecule has 182 valence electrons. The van der Waals surface area contributed by atoms with Crippen LogP contribution >= 0.6 is 0 Å². The smallest absolute Gasteiger partial charge is 0.0517 e. The second kappa shape index (κ2) is 15.9. The SMILES string of the molecule is CCC(C)(C)COCCCOCC(C)(C)CC.CCC(C)c1ccc(C(C)CC)cc1. The predicted molar refractivity (Wildman–Crippen MR) is 138 cm³/mol. The summed E-state index contributed by atoms with van der Waals surface area (Å²) in [5, 5.41) is 0. The van der Waals surface area contributed by atoms with E-state index in [1.54, 1.807) is 0 Å². The summed E-state index contributed by atoms with van der Waals surface area (Å²) in [4.78, 5) is 0. The molecule has 0 radical (unpaired) electrons. The minimum Gasteiger partial charge on any atom is -0.381 e. The highest BCUT2D eigenvalue weighted by Gasteiger charge is 2.16. The molecular formula is C29H54O2. The van der Waals surface area contributed by atoms with Crippen LogP contribution in [-0.2, 0) is 9.47 Å². The first-order valence-electron chi connectivity index (χ1n) is 12.8. The molecule has 2 atom stereocenters. The average Bonchev–Trinajstić information content (AvgIpc) is 2.77. The molecule has 0 saturated heterocycles. The van der Waals surface area contributed by atoms with E-state index >= 15 is 0 Å². The Kier molecular flexibility index (Phi) is 15.4. The molecule has 0 fully saturated rings. The van der Waals surface area contributed by atoms with Gasteiger partial charge in [-0.05, 0) is 65.9 Å². The second-order valence-electron chi connectivity index (χ2n) is 10.8. The highest BCUT2D eigenvalue weighted by molar-refractivity contribution is 5.27. The molecule has 1 aromatic carbocycles. The van der Waals surface area contributed by atoms with Crippen molar-refractivity contribution in [2.45, 2.75) is 113 Å². The van der Waals surface area contributed by atoms with Crippen molar-refractivity contribution >= 4 is 0 Å². The molecule has 0 aromatic heterocycles. The minimum atomic E-state index is 0.311. The molecular weight excluding hydrogens is 380 g/mol. The Labute approximate surface area is 195 Å². The van der Waals surface area contributed by atoms with Crippen LogP contribution in [0.25, 0.3) is 0 Å². The first kappa shape index (κ1) is 30.1. The van der Waals surface area contributed by atoms with Crippen molar-refractivity contribution in [1.82, 2.24) is 0 Å². The van der Waals surface area contributed by atoms with Crippen LogP contribution in [0, 0.1) is 10.8 Å². The Bertz CT molecular complexity index is 495.